The Kier molecular flexibility index (Phi) is 4.35. The summed E-state index contributed by atoms with van der Waals surface area (Å²) in [7, 11) is 0. The maximum Gasteiger partial charge on any atom is 0.0641 e. The first-order valence-corrected chi connectivity index (χ1v) is 6.61. The van der Waals surface area contributed by atoms with Crippen LogP contribution in [-0.4, -0.2) is 31.1 Å². The minimum absolute atomic E-state index is 0.247. The highest BCUT2D eigenvalue weighted by Crippen LogP contribution is 2.26. The number of nitrogens with zero attached hydrogens (tertiary/aromatic N) is 2. The Balaban J connectivity index is 2.22. The van der Waals surface area contributed by atoms with Crippen LogP contribution in [0.1, 0.15) is 29.2 Å². The summed E-state index contributed by atoms with van der Waals surface area (Å²) in [6.45, 7) is 8.36. The quantitative estimate of drug-likeness (QED) is 0.884. The summed E-state index contributed by atoms with van der Waals surface area (Å²) in [5.41, 5.74) is 3.90. The van der Waals surface area contributed by atoms with Crippen LogP contribution < -0.4 is 5.32 Å². The van der Waals surface area contributed by atoms with Crippen LogP contribution in [0.4, 0.5) is 0 Å². The Bertz CT molecular complexity index is 442. The molecule has 2 rings (SSSR count). The van der Waals surface area contributed by atoms with Gasteiger partial charge in [-0.05, 0) is 30.5 Å². The Morgan fingerprint density at radius 2 is 2.00 bits per heavy atom. The van der Waals surface area contributed by atoms with Crippen molar-refractivity contribution in [2.45, 2.75) is 26.3 Å². The molecule has 0 amide bonds. The zero-order valence-electron chi connectivity index (χ0n) is 11.2. The van der Waals surface area contributed by atoms with E-state index in [1.807, 2.05) is 0 Å². The summed E-state index contributed by atoms with van der Waals surface area (Å²) in [5, 5.41) is 12.4. The van der Waals surface area contributed by atoms with Crippen LogP contribution in [0.15, 0.2) is 18.2 Å². The molecule has 1 atom stereocenters. The first-order valence-electron chi connectivity index (χ1n) is 6.61. The molecule has 1 aromatic carbocycles. The van der Waals surface area contributed by atoms with Crippen molar-refractivity contribution in [1.82, 2.24) is 10.2 Å². The molecule has 0 aromatic heterocycles. The van der Waals surface area contributed by atoms with E-state index in [4.69, 9.17) is 5.26 Å². The van der Waals surface area contributed by atoms with Gasteiger partial charge in [0.25, 0.3) is 0 Å². The zero-order valence-corrected chi connectivity index (χ0v) is 11.2. The smallest absolute Gasteiger partial charge is 0.0641 e. The molecule has 1 aliphatic heterocycles. The van der Waals surface area contributed by atoms with E-state index < -0.39 is 0 Å². The van der Waals surface area contributed by atoms with Crippen molar-refractivity contribution in [3.8, 4) is 6.07 Å². The van der Waals surface area contributed by atoms with E-state index in [1.54, 1.807) is 0 Å². The fourth-order valence-electron chi connectivity index (χ4n) is 2.51. The molecule has 1 aliphatic rings. The monoisotopic (exact) mass is 243 g/mol. The number of rotatable bonds is 3. The van der Waals surface area contributed by atoms with Crippen molar-refractivity contribution in [3.63, 3.8) is 0 Å². The predicted molar refractivity (Wildman–Crippen MR) is 73.3 cm³/mol. The second kappa shape index (κ2) is 5.99. The molecular formula is C15H21N3. The Labute approximate surface area is 109 Å². The molecule has 0 bridgehead atoms. The normalized spacial score (nSPS) is 18.3. The third-order valence-electron chi connectivity index (χ3n) is 3.79. The molecule has 0 saturated carbocycles. The minimum atomic E-state index is 0.247. The molecule has 3 nitrogen and oxygen atoms in total. The number of hydrogen-bond donors (Lipinski definition) is 1. The Morgan fingerprint density at radius 1 is 1.28 bits per heavy atom. The summed E-state index contributed by atoms with van der Waals surface area (Å²) in [6, 6.07) is 9.15. The van der Waals surface area contributed by atoms with Crippen molar-refractivity contribution in [1.29, 1.82) is 5.26 Å². The van der Waals surface area contributed by atoms with Gasteiger partial charge in [0, 0.05) is 32.2 Å². The maximum absolute atomic E-state index is 9.06. The van der Waals surface area contributed by atoms with E-state index in [2.05, 4.69) is 48.3 Å². The Hall–Kier alpha value is -1.37. The molecule has 1 fully saturated rings. The van der Waals surface area contributed by atoms with Gasteiger partial charge in [-0.2, -0.15) is 5.26 Å². The van der Waals surface area contributed by atoms with Gasteiger partial charge in [-0.3, -0.25) is 4.90 Å². The van der Waals surface area contributed by atoms with E-state index in [9.17, 15) is 0 Å². The fraction of sp³-hybridized carbons (Fsp3) is 0.533. The third kappa shape index (κ3) is 2.90. The van der Waals surface area contributed by atoms with Gasteiger partial charge in [-0.1, -0.05) is 18.2 Å². The van der Waals surface area contributed by atoms with Crippen LogP contribution in [0.5, 0.6) is 0 Å². The van der Waals surface area contributed by atoms with Gasteiger partial charge < -0.3 is 5.32 Å². The lowest BCUT2D eigenvalue weighted by atomic mass is 9.97. The molecule has 0 aliphatic carbocycles. The molecule has 1 saturated heterocycles. The molecule has 3 heteroatoms. The van der Waals surface area contributed by atoms with Gasteiger partial charge in [0.15, 0.2) is 0 Å². The van der Waals surface area contributed by atoms with Crippen LogP contribution in [-0.2, 0) is 0 Å². The lowest BCUT2D eigenvalue weighted by Crippen LogP contribution is -2.45. The molecule has 0 radical (unpaired) electrons. The average Bonchev–Trinajstić information content (AvgIpc) is 2.40. The number of nitrogens with one attached hydrogen (secondary N) is 1. The number of aryl methyl sites for hydroxylation is 2. The number of benzene rings is 1. The molecule has 1 aromatic rings. The van der Waals surface area contributed by atoms with E-state index in [0.29, 0.717) is 6.42 Å². The van der Waals surface area contributed by atoms with Gasteiger partial charge >= 0.3 is 0 Å². The topological polar surface area (TPSA) is 39.1 Å². The van der Waals surface area contributed by atoms with E-state index in [-0.39, 0.29) is 6.04 Å². The molecule has 1 heterocycles. The third-order valence-corrected chi connectivity index (χ3v) is 3.79. The summed E-state index contributed by atoms with van der Waals surface area (Å²) in [4.78, 5) is 2.42. The first kappa shape index (κ1) is 13.1. The lowest BCUT2D eigenvalue weighted by molar-refractivity contribution is 0.175. The highest BCUT2D eigenvalue weighted by atomic mass is 15.2. The molecule has 18 heavy (non-hydrogen) atoms. The first-order chi connectivity index (χ1) is 8.72. The highest BCUT2D eigenvalue weighted by molar-refractivity contribution is 5.32. The average molecular weight is 243 g/mol. The van der Waals surface area contributed by atoms with Crippen molar-refractivity contribution >= 4 is 0 Å². The maximum atomic E-state index is 9.06. The highest BCUT2D eigenvalue weighted by Gasteiger charge is 2.22. The number of nitriles is 1. The largest absolute Gasteiger partial charge is 0.314 e. The predicted octanol–water partition coefficient (Wildman–Crippen LogP) is 2.16. The van der Waals surface area contributed by atoms with Crippen LogP contribution in [0.2, 0.25) is 0 Å². The van der Waals surface area contributed by atoms with Gasteiger partial charge in [-0.15, -0.1) is 0 Å². The number of hydrogen-bond acceptors (Lipinski definition) is 3. The molecule has 0 unspecified atom stereocenters. The van der Waals surface area contributed by atoms with Gasteiger partial charge in [-0.25, -0.2) is 0 Å². The second-order valence-electron chi connectivity index (χ2n) is 5.01. The summed E-state index contributed by atoms with van der Waals surface area (Å²) in [6.07, 6.45) is 0.572. The van der Waals surface area contributed by atoms with Crippen molar-refractivity contribution < 1.29 is 0 Å². The minimum Gasteiger partial charge on any atom is -0.314 e. The standard InChI is InChI=1S/C15H21N3/c1-12-3-4-14(11-13(12)2)15(5-6-16)18-9-7-17-8-10-18/h3-4,11,15,17H,5,7-10H2,1-2H3/t15-/m0/s1. The van der Waals surface area contributed by atoms with Crippen LogP contribution in [0.25, 0.3) is 0 Å². The fourth-order valence-corrected chi connectivity index (χ4v) is 2.51. The van der Waals surface area contributed by atoms with Crippen LogP contribution in [0, 0.1) is 25.2 Å². The van der Waals surface area contributed by atoms with Crippen LogP contribution >= 0.6 is 0 Å². The van der Waals surface area contributed by atoms with Crippen molar-refractivity contribution in [3.05, 3.63) is 34.9 Å². The van der Waals surface area contributed by atoms with Crippen molar-refractivity contribution in [2.24, 2.45) is 0 Å². The van der Waals surface area contributed by atoms with E-state index >= 15 is 0 Å². The zero-order chi connectivity index (χ0) is 13.0. The van der Waals surface area contributed by atoms with E-state index in [0.717, 1.165) is 26.2 Å². The summed E-state index contributed by atoms with van der Waals surface area (Å²) in [5.74, 6) is 0. The SMILES string of the molecule is Cc1ccc([C@H](CC#N)N2CCNCC2)cc1C. The second-order valence-corrected chi connectivity index (χ2v) is 5.01. The van der Waals surface area contributed by atoms with Gasteiger partial charge in [0.2, 0.25) is 0 Å². The Morgan fingerprint density at radius 3 is 2.61 bits per heavy atom. The molecule has 0 spiro atoms. The summed E-state index contributed by atoms with van der Waals surface area (Å²) >= 11 is 0. The molecular weight excluding hydrogens is 222 g/mol. The van der Waals surface area contributed by atoms with E-state index in [1.165, 1.54) is 16.7 Å². The molecule has 1 N–H and O–H groups in total. The lowest BCUT2D eigenvalue weighted by Gasteiger charge is -2.34. The van der Waals surface area contributed by atoms with Crippen molar-refractivity contribution in [2.75, 3.05) is 26.2 Å². The molecule has 96 valence electrons. The summed E-state index contributed by atoms with van der Waals surface area (Å²) < 4.78 is 0. The van der Waals surface area contributed by atoms with Crippen LogP contribution in [0.3, 0.4) is 0 Å². The van der Waals surface area contributed by atoms with Gasteiger partial charge in [0.05, 0.1) is 12.5 Å². The van der Waals surface area contributed by atoms with Gasteiger partial charge in [0.1, 0.15) is 0 Å². The number of piperazine rings is 1.